The Morgan fingerprint density at radius 1 is 0.920 bits per heavy atom. The molecule has 2 aromatic rings. The van der Waals surface area contributed by atoms with Crippen LogP contribution in [0.25, 0.3) is 0 Å². The maximum absolute atomic E-state index is 11.8. The fourth-order valence-electron chi connectivity index (χ4n) is 2.29. The minimum Gasteiger partial charge on any atom is -0.462 e. The van der Waals surface area contributed by atoms with Gasteiger partial charge in [-0.15, -0.1) is 0 Å². The number of carbonyl (C=O) groups is 2. The van der Waals surface area contributed by atoms with Crippen LogP contribution in [-0.4, -0.2) is 25.2 Å². The van der Waals surface area contributed by atoms with Crippen molar-refractivity contribution in [2.24, 2.45) is 0 Å². The molecule has 0 radical (unpaired) electrons. The minimum atomic E-state index is -0.337. The number of esters is 1. The number of rotatable bonds is 7. The van der Waals surface area contributed by atoms with Gasteiger partial charge in [-0.1, -0.05) is 42.0 Å². The van der Waals surface area contributed by atoms with Crippen molar-refractivity contribution in [2.75, 3.05) is 13.2 Å². The Kier molecular flexibility index (Phi) is 7.01. The van der Waals surface area contributed by atoms with Gasteiger partial charge < -0.3 is 15.4 Å². The van der Waals surface area contributed by atoms with Crippen molar-refractivity contribution in [3.8, 4) is 0 Å². The van der Waals surface area contributed by atoms with E-state index in [1.165, 1.54) is 11.1 Å². The Labute approximate surface area is 148 Å². The van der Waals surface area contributed by atoms with Crippen LogP contribution >= 0.6 is 0 Å². The van der Waals surface area contributed by atoms with E-state index in [-0.39, 0.29) is 12.0 Å². The highest BCUT2D eigenvalue weighted by atomic mass is 16.5. The van der Waals surface area contributed by atoms with Crippen molar-refractivity contribution < 1.29 is 14.3 Å². The van der Waals surface area contributed by atoms with Crippen molar-refractivity contribution in [3.05, 3.63) is 70.8 Å². The van der Waals surface area contributed by atoms with E-state index in [2.05, 4.69) is 41.8 Å². The summed E-state index contributed by atoms with van der Waals surface area (Å²) in [7, 11) is 0. The first-order valence-electron chi connectivity index (χ1n) is 8.42. The zero-order valence-corrected chi connectivity index (χ0v) is 14.7. The van der Waals surface area contributed by atoms with Gasteiger partial charge in [0.05, 0.1) is 12.2 Å². The molecule has 2 N–H and O–H groups in total. The Hall–Kier alpha value is -2.82. The molecule has 2 amide bonds. The van der Waals surface area contributed by atoms with E-state index in [9.17, 15) is 9.59 Å². The lowest BCUT2D eigenvalue weighted by molar-refractivity contribution is 0.0526. The number of carbonyl (C=O) groups excluding carboxylic acids is 2. The second-order valence-corrected chi connectivity index (χ2v) is 5.76. The van der Waals surface area contributed by atoms with Crippen LogP contribution in [0.2, 0.25) is 0 Å². The summed E-state index contributed by atoms with van der Waals surface area (Å²) in [6.07, 6.45) is 0.794. The van der Waals surface area contributed by atoms with Crippen LogP contribution in [0.4, 0.5) is 4.79 Å². The monoisotopic (exact) mass is 340 g/mol. The standard InChI is InChI=1S/C20H24N2O3/c1-3-25-19(23)18-10-8-17(9-11-18)14-22-20(24)21-13-12-16-6-4-15(2)5-7-16/h4-11H,3,12-14H2,1-2H3,(H2,21,22,24). The molecule has 132 valence electrons. The smallest absolute Gasteiger partial charge is 0.338 e. The zero-order valence-electron chi connectivity index (χ0n) is 14.7. The number of hydrogen-bond donors (Lipinski definition) is 2. The summed E-state index contributed by atoms with van der Waals surface area (Å²) in [4.78, 5) is 23.4. The highest BCUT2D eigenvalue weighted by Crippen LogP contribution is 2.06. The predicted octanol–water partition coefficient (Wildman–Crippen LogP) is 3.21. The maximum Gasteiger partial charge on any atom is 0.338 e. The van der Waals surface area contributed by atoms with Gasteiger partial charge in [0.25, 0.3) is 0 Å². The number of hydrogen-bond acceptors (Lipinski definition) is 3. The number of benzene rings is 2. The third-order valence-corrected chi connectivity index (χ3v) is 3.74. The summed E-state index contributed by atoms with van der Waals surface area (Å²) in [6, 6.07) is 15.1. The second-order valence-electron chi connectivity index (χ2n) is 5.76. The molecule has 0 fully saturated rings. The number of amides is 2. The first kappa shape index (κ1) is 18.5. The number of ether oxygens (including phenoxy) is 1. The molecule has 0 aromatic heterocycles. The molecule has 0 aliphatic rings. The molecule has 0 atom stereocenters. The summed E-state index contributed by atoms with van der Waals surface area (Å²) in [5, 5.41) is 5.64. The summed E-state index contributed by atoms with van der Waals surface area (Å²) in [6.45, 7) is 5.16. The maximum atomic E-state index is 11.8. The summed E-state index contributed by atoms with van der Waals surface area (Å²) in [5.41, 5.74) is 3.85. The molecule has 5 nitrogen and oxygen atoms in total. The Morgan fingerprint density at radius 2 is 1.56 bits per heavy atom. The molecule has 2 aromatic carbocycles. The number of aryl methyl sites for hydroxylation is 1. The van der Waals surface area contributed by atoms with Gasteiger partial charge >= 0.3 is 12.0 Å². The van der Waals surface area contributed by atoms with Gasteiger partial charge in [-0.25, -0.2) is 9.59 Å². The zero-order chi connectivity index (χ0) is 18.1. The van der Waals surface area contributed by atoms with Crippen molar-refractivity contribution in [1.82, 2.24) is 10.6 Å². The van der Waals surface area contributed by atoms with Crippen LogP contribution in [0, 0.1) is 6.92 Å². The molecule has 0 aliphatic carbocycles. The van der Waals surface area contributed by atoms with Gasteiger partial charge in [-0.05, 0) is 43.5 Å². The SMILES string of the molecule is CCOC(=O)c1ccc(CNC(=O)NCCc2ccc(C)cc2)cc1. The summed E-state index contributed by atoms with van der Waals surface area (Å²) >= 11 is 0. The van der Waals surface area contributed by atoms with E-state index >= 15 is 0 Å². The molecule has 5 heteroatoms. The molecule has 0 unspecified atom stereocenters. The lowest BCUT2D eigenvalue weighted by Gasteiger charge is -2.08. The Morgan fingerprint density at radius 3 is 2.20 bits per heavy atom. The topological polar surface area (TPSA) is 67.4 Å². The number of urea groups is 1. The molecule has 0 spiro atoms. The summed E-state index contributed by atoms with van der Waals surface area (Å²) < 4.78 is 4.93. The van der Waals surface area contributed by atoms with Crippen LogP contribution < -0.4 is 10.6 Å². The normalized spacial score (nSPS) is 10.2. The van der Waals surface area contributed by atoms with E-state index in [1.807, 2.05) is 0 Å². The van der Waals surface area contributed by atoms with Crippen LogP contribution in [0.5, 0.6) is 0 Å². The largest absolute Gasteiger partial charge is 0.462 e. The van der Waals surface area contributed by atoms with Gasteiger partial charge in [0.1, 0.15) is 0 Å². The number of nitrogens with one attached hydrogen (secondary N) is 2. The van der Waals surface area contributed by atoms with Crippen LogP contribution in [0.3, 0.4) is 0 Å². The Bertz CT molecular complexity index is 694. The highest BCUT2D eigenvalue weighted by Gasteiger charge is 2.06. The van der Waals surface area contributed by atoms with Crippen molar-refractivity contribution in [1.29, 1.82) is 0 Å². The van der Waals surface area contributed by atoms with E-state index in [0.29, 0.717) is 25.3 Å². The highest BCUT2D eigenvalue weighted by molar-refractivity contribution is 5.89. The van der Waals surface area contributed by atoms with Crippen LogP contribution in [0.1, 0.15) is 34.0 Å². The second kappa shape index (κ2) is 9.47. The van der Waals surface area contributed by atoms with Gasteiger partial charge in [0, 0.05) is 13.1 Å². The van der Waals surface area contributed by atoms with E-state index in [4.69, 9.17) is 4.74 Å². The molecule has 2 rings (SSSR count). The van der Waals surface area contributed by atoms with Crippen LogP contribution in [-0.2, 0) is 17.7 Å². The van der Waals surface area contributed by atoms with Gasteiger partial charge in [0.15, 0.2) is 0 Å². The lowest BCUT2D eigenvalue weighted by atomic mass is 10.1. The van der Waals surface area contributed by atoms with Crippen LogP contribution in [0.15, 0.2) is 48.5 Å². The third-order valence-electron chi connectivity index (χ3n) is 3.74. The van der Waals surface area contributed by atoms with E-state index in [0.717, 1.165) is 12.0 Å². The average molecular weight is 340 g/mol. The molecular weight excluding hydrogens is 316 g/mol. The van der Waals surface area contributed by atoms with Gasteiger partial charge in [-0.3, -0.25) is 0 Å². The molecule has 0 saturated carbocycles. The van der Waals surface area contributed by atoms with E-state index < -0.39 is 0 Å². The molecule has 0 heterocycles. The van der Waals surface area contributed by atoms with Gasteiger partial charge in [-0.2, -0.15) is 0 Å². The molecule has 0 bridgehead atoms. The van der Waals surface area contributed by atoms with Gasteiger partial charge in [0.2, 0.25) is 0 Å². The third kappa shape index (κ3) is 6.30. The molecule has 25 heavy (non-hydrogen) atoms. The fourth-order valence-corrected chi connectivity index (χ4v) is 2.29. The minimum absolute atomic E-state index is 0.207. The first-order chi connectivity index (χ1) is 12.1. The summed E-state index contributed by atoms with van der Waals surface area (Å²) in [5.74, 6) is -0.337. The molecule has 0 aliphatic heterocycles. The lowest BCUT2D eigenvalue weighted by Crippen LogP contribution is -2.36. The predicted molar refractivity (Wildman–Crippen MR) is 97.5 cm³/mol. The molecular formula is C20H24N2O3. The van der Waals surface area contributed by atoms with Crippen molar-refractivity contribution in [2.45, 2.75) is 26.8 Å². The first-order valence-corrected chi connectivity index (χ1v) is 8.42. The Balaban J connectivity index is 1.70. The fraction of sp³-hybridized carbons (Fsp3) is 0.300. The molecule has 0 saturated heterocycles. The van der Waals surface area contributed by atoms with E-state index in [1.54, 1.807) is 31.2 Å². The quantitative estimate of drug-likeness (QED) is 0.761. The average Bonchev–Trinajstić information content (AvgIpc) is 2.62. The van der Waals surface area contributed by atoms with Crippen molar-refractivity contribution >= 4 is 12.0 Å². The van der Waals surface area contributed by atoms with Crippen molar-refractivity contribution in [3.63, 3.8) is 0 Å².